The van der Waals surface area contributed by atoms with E-state index in [9.17, 15) is 9.18 Å². The highest BCUT2D eigenvalue weighted by Crippen LogP contribution is 2.24. The highest BCUT2D eigenvalue weighted by molar-refractivity contribution is 5.85. The van der Waals surface area contributed by atoms with Crippen LogP contribution in [-0.2, 0) is 4.74 Å². The molecule has 0 aliphatic heterocycles. The second-order valence-electron chi connectivity index (χ2n) is 7.32. The maximum atomic E-state index is 14.1. The number of benzene rings is 1. The van der Waals surface area contributed by atoms with Gasteiger partial charge < -0.3 is 10.1 Å². The third-order valence-electron chi connectivity index (χ3n) is 3.85. The van der Waals surface area contributed by atoms with Crippen molar-refractivity contribution in [2.75, 3.05) is 10.6 Å². The van der Waals surface area contributed by atoms with Crippen LogP contribution < -0.4 is 10.6 Å². The van der Waals surface area contributed by atoms with Crippen LogP contribution in [0.15, 0.2) is 18.2 Å². The summed E-state index contributed by atoms with van der Waals surface area (Å²) < 4.78 is 19.3. The van der Waals surface area contributed by atoms with E-state index in [2.05, 4.69) is 31.4 Å². The van der Waals surface area contributed by atoms with Crippen molar-refractivity contribution < 1.29 is 13.9 Å². The highest BCUT2D eigenvalue weighted by atomic mass is 19.1. The summed E-state index contributed by atoms with van der Waals surface area (Å²) in [5.41, 5.74) is 0.333. The lowest BCUT2D eigenvalue weighted by molar-refractivity contribution is 0.0636. The quantitative estimate of drug-likeness (QED) is 0.660. The van der Waals surface area contributed by atoms with E-state index in [0.29, 0.717) is 17.3 Å². The highest BCUT2D eigenvalue weighted by Gasteiger charge is 2.17. The maximum absolute atomic E-state index is 14.1. The van der Waals surface area contributed by atoms with E-state index in [0.717, 1.165) is 19.3 Å². The van der Waals surface area contributed by atoms with Crippen LogP contribution >= 0.6 is 0 Å². The van der Waals surface area contributed by atoms with Crippen molar-refractivity contribution in [1.29, 1.82) is 0 Å². The Balaban J connectivity index is 2.80. The largest absolute Gasteiger partial charge is 0.444 e. The zero-order chi connectivity index (χ0) is 18.3. The molecule has 0 saturated heterocycles. The van der Waals surface area contributed by atoms with Crippen LogP contribution in [0.5, 0.6) is 0 Å². The van der Waals surface area contributed by atoms with Gasteiger partial charge in [0, 0.05) is 11.7 Å². The molecule has 5 heteroatoms. The number of amides is 1. The Morgan fingerprint density at radius 3 is 2.46 bits per heavy atom. The molecule has 24 heavy (non-hydrogen) atoms. The number of carbonyl (C=O) groups is 1. The van der Waals surface area contributed by atoms with Crippen LogP contribution in [0.1, 0.15) is 60.8 Å². The first-order valence-corrected chi connectivity index (χ1v) is 8.70. The summed E-state index contributed by atoms with van der Waals surface area (Å²) >= 11 is 0. The molecule has 136 valence electrons. The molecule has 0 fully saturated rings. The van der Waals surface area contributed by atoms with E-state index in [4.69, 9.17) is 4.74 Å². The zero-order valence-electron chi connectivity index (χ0n) is 15.7. The first-order valence-electron chi connectivity index (χ1n) is 8.70. The van der Waals surface area contributed by atoms with Gasteiger partial charge in [0.05, 0.1) is 5.69 Å². The molecule has 0 aliphatic carbocycles. The van der Waals surface area contributed by atoms with Crippen molar-refractivity contribution in [1.82, 2.24) is 0 Å². The van der Waals surface area contributed by atoms with Crippen LogP contribution in [0.4, 0.5) is 20.6 Å². The van der Waals surface area contributed by atoms with Crippen molar-refractivity contribution >= 4 is 17.5 Å². The minimum atomic E-state index is -0.575. The Kier molecular flexibility index (Phi) is 7.52. The molecule has 1 aromatic carbocycles. The molecule has 2 atom stereocenters. The second-order valence-corrected chi connectivity index (χ2v) is 7.32. The molecule has 2 N–H and O–H groups in total. The fourth-order valence-electron chi connectivity index (χ4n) is 2.34. The van der Waals surface area contributed by atoms with Gasteiger partial charge in [-0.2, -0.15) is 0 Å². The number of hydrogen-bond donors (Lipinski definition) is 2. The fourth-order valence-corrected chi connectivity index (χ4v) is 2.34. The van der Waals surface area contributed by atoms with Crippen molar-refractivity contribution in [2.24, 2.45) is 5.92 Å². The Bertz CT molecular complexity index is 541. The topological polar surface area (TPSA) is 50.4 Å². The molecule has 0 bridgehead atoms. The summed E-state index contributed by atoms with van der Waals surface area (Å²) in [5, 5.41) is 5.90. The number of anilines is 2. The van der Waals surface area contributed by atoms with Gasteiger partial charge in [0.25, 0.3) is 0 Å². The predicted molar refractivity (Wildman–Crippen MR) is 98.0 cm³/mol. The zero-order valence-corrected chi connectivity index (χ0v) is 15.7. The van der Waals surface area contributed by atoms with Crippen molar-refractivity contribution in [3.63, 3.8) is 0 Å². The van der Waals surface area contributed by atoms with Crippen molar-refractivity contribution in [3.8, 4) is 0 Å². The molecule has 0 aliphatic rings. The lowest BCUT2D eigenvalue weighted by atomic mass is 9.97. The number of nitrogens with one attached hydrogen (secondary N) is 2. The van der Waals surface area contributed by atoms with E-state index in [1.807, 2.05) is 0 Å². The summed E-state index contributed by atoms with van der Waals surface area (Å²) in [7, 11) is 0. The van der Waals surface area contributed by atoms with Gasteiger partial charge in [0.1, 0.15) is 11.4 Å². The summed E-state index contributed by atoms with van der Waals surface area (Å²) in [5.74, 6) is 0.251. The molecular weight excluding hydrogens is 307 g/mol. The van der Waals surface area contributed by atoms with Gasteiger partial charge in [0.2, 0.25) is 0 Å². The third-order valence-corrected chi connectivity index (χ3v) is 3.85. The second kappa shape index (κ2) is 8.90. The average Bonchev–Trinajstić information content (AvgIpc) is 2.47. The van der Waals surface area contributed by atoms with Crippen molar-refractivity contribution in [3.05, 3.63) is 24.0 Å². The van der Waals surface area contributed by atoms with E-state index in [1.54, 1.807) is 26.8 Å². The van der Waals surface area contributed by atoms with E-state index < -0.39 is 11.7 Å². The Morgan fingerprint density at radius 1 is 1.25 bits per heavy atom. The predicted octanol–water partition coefficient (Wildman–Crippen LogP) is 5.80. The minimum absolute atomic E-state index is 0.200. The van der Waals surface area contributed by atoms with Gasteiger partial charge in [-0.3, -0.25) is 5.32 Å². The summed E-state index contributed by atoms with van der Waals surface area (Å²) in [6.07, 6.45) is 2.44. The number of carbonyl (C=O) groups excluding carboxylic acids is 1. The first-order chi connectivity index (χ1) is 11.1. The lowest BCUT2D eigenvalue weighted by Gasteiger charge is -2.22. The standard InChI is InChI=1S/C19H31FN2O2/c1-7-13(3)11-14(8-2)21-17-12-15(9-10-16(17)20)22-18(23)24-19(4,5)6/h9-10,12-14,21H,7-8,11H2,1-6H3,(H,22,23). The summed E-state index contributed by atoms with van der Waals surface area (Å²) in [6, 6.07) is 4.69. The van der Waals surface area contributed by atoms with Crippen LogP contribution in [0.2, 0.25) is 0 Å². The van der Waals surface area contributed by atoms with Gasteiger partial charge in [-0.05, 0) is 57.7 Å². The Labute approximate surface area is 145 Å². The molecule has 0 heterocycles. The van der Waals surface area contributed by atoms with Gasteiger partial charge in [0.15, 0.2) is 0 Å². The van der Waals surface area contributed by atoms with Crippen LogP contribution in [0.3, 0.4) is 0 Å². The van der Waals surface area contributed by atoms with Crippen LogP contribution in [0.25, 0.3) is 0 Å². The first kappa shape index (κ1) is 20.3. The number of hydrogen-bond acceptors (Lipinski definition) is 3. The Hall–Kier alpha value is -1.78. The van der Waals surface area contributed by atoms with E-state index in [1.165, 1.54) is 12.1 Å². The van der Waals surface area contributed by atoms with Gasteiger partial charge in [-0.25, -0.2) is 9.18 Å². The van der Waals surface area contributed by atoms with E-state index in [-0.39, 0.29) is 11.9 Å². The molecule has 0 saturated carbocycles. The minimum Gasteiger partial charge on any atom is -0.444 e. The van der Waals surface area contributed by atoms with Gasteiger partial charge >= 0.3 is 6.09 Å². The normalized spacial score (nSPS) is 14.0. The summed E-state index contributed by atoms with van der Waals surface area (Å²) in [4.78, 5) is 11.8. The SMILES string of the molecule is CCC(C)CC(CC)Nc1cc(NC(=O)OC(C)(C)C)ccc1F. The molecule has 1 rings (SSSR count). The summed E-state index contributed by atoms with van der Waals surface area (Å²) in [6.45, 7) is 11.8. The molecule has 1 aromatic rings. The maximum Gasteiger partial charge on any atom is 0.412 e. The smallest absolute Gasteiger partial charge is 0.412 e. The Morgan fingerprint density at radius 2 is 1.92 bits per heavy atom. The molecular formula is C19H31FN2O2. The average molecular weight is 338 g/mol. The lowest BCUT2D eigenvalue weighted by Crippen LogP contribution is -2.27. The third kappa shape index (κ3) is 7.20. The number of ether oxygens (including phenoxy) is 1. The molecule has 4 nitrogen and oxygen atoms in total. The van der Waals surface area contributed by atoms with Crippen LogP contribution in [0, 0.1) is 11.7 Å². The van der Waals surface area contributed by atoms with Crippen LogP contribution in [-0.4, -0.2) is 17.7 Å². The van der Waals surface area contributed by atoms with E-state index >= 15 is 0 Å². The molecule has 0 spiro atoms. The van der Waals surface area contributed by atoms with Gasteiger partial charge in [-0.15, -0.1) is 0 Å². The van der Waals surface area contributed by atoms with Crippen molar-refractivity contribution in [2.45, 2.75) is 72.4 Å². The molecule has 0 aromatic heterocycles. The van der Waals surface area contributed by atoms with Gasteiger partial charge in [-0.1, -0.05) is 27.2 Å². The molecule has 2 unspecified atom stereocenters. The fraction of sp³-hybridized carbons (Fsp3) is 0.632. The number of rotatable bonds is 7. The molecule has 0 radical (unpaired) electrons. The monoisotopic (exact) mass is 338 g/mol. The molecule has 1 amide bonds. The number of halogens is 1.